The molecule has 3 rings (SSSR count). The van der Waals surface area contributed by atoms with E-state index in [1.807, 2.05) is 32.0 Å². The second-order valence-corrected chi connectivity index (χ2v) is 7.37. The van der Waals surface area contributed by atoms with Gasteiger partial charge in [-0.05, 0) is 67.1 Å². The summed E-state index contributed by atoms with van der Waals surface area (Å²) in [6.45, 7) is 4.28. The summed E-state index contributed by atoms with van der Waals surface area (Å²) in [4.78, 5) is 26.2. The van der Waals surface area contributed by atoms with Crippen molar-refractivity contribution in [2.45, 2.75) is 13.8 Å². The van der Waals surface area contributed by atoms with Crippen LogP contribution in [0.4, 0.5) is 4.79 Å². The minimum absolute atomic E-state index is 0.00542. The molecule has 0 atom stereocenters. The first kappa shape index (κ1) is 19.8. The number of methoxy groups -OCH3 is 1. The number of hydrogen-bond donors (Lipinski definition) is 1. The summed E-state index contributed by atoms with van der Waals surface area (Å²) < 4.78 is 10.9. The van der Waals surface area contributed by atoms with E-state index in [4.69, 9.17) is 9.47 Å². The van der Waals surface area contributed by atoms with Crippen LogP contribution in [0, 0.1) is 13.8 Å². The third-order valence-corrected chi connectivity index (χ3v) is 5.22. The molecule has 6 nitrogen and oxygen atoms in total. The fraction of sp³-hybridized carbons (Fsp3) is 0.238. The van der Waals surface area contributed by atoms with Crippen LogP contribution in [0.1, 0.15) is 16.7 Å². The van der Waals surface area contributed by atoms with Crippen molar-refractivity contribution in [2.24, 2.45) is 0 Å². The standard InChI is InChI=1S/C21H21NO5S/c1-13-4-5-14(2)18(10-13)27-9-8-22-20(24)19(28-21(22)25)12-15-11-16(26-3)6-7-17(15)23/h4-7,10-12,23H,8-9H2,1-3H3/b19-12-. The van der Waals surface area contributed by atoms with E-state index in [0.717, 1.165) is 33.5 Å². The highest BCUT2D eigenvalue weighted by Crippen LogP contribution is 2.34. The van der Waals surface area contributed by atoms with Gasteiger partial charge in [-0.3, -0.25) is 14.5 Å². The smallest absolute Gasteiger partial charge is 0.293 e. The van der Waals surface area contributed by atoms with E-state index < -0.39 is 5.91 Å². The molecule has 1 fully saturated rings. The maximum absolute atomic E-state index is 12.6. The zero-order chi connectivity index (χ0) is 20.3. The molecule has 1 aliphatic rings. The van der Waals surface area contributed by atoms with Gasteiger partial charge in [-0.25, -0.2) is 0 Å². The quantitative estimate of drug-likeness (QED) is 0.736. The zero-order valence-electron chi connectivity index (χ0n) is 15.9. The van der Waals surface area contributed by atoms with Gasteiger partial charge >= 0.3 is 0 Å². The Balaban J connectivity index is 1.69. The van der Waals surface area contributed by atoms with Crippen molar-refractivity contribution in [3.8, 4) is 17.2 Å². The van der Waals surface area contributed by atoms with Crippen molar-refractivity contribution < 1.29 is 24.2 Å². The Hall–Kier alpha value is -2.93. The molecule has 1 N–H and O–H groups in total. The average Bonchev–Trinajstić information content (AvgIpc) is 2.93. The van der Waals surface area contributed by atoms with Gasteiger partial charge < -0.3 is 14.6 Å². The van der Waals surface area contributed by atoms with Crippen LogP contribution in [0.5, 0.6) is 17.2 Å². The fourth-order valence-electron chi connectivity index (χ4n) is 2.72. The second-order valence-electron chi connectivity index (χ2n) is 6.38. The van der Waals surface area contributed by atoms with Gasteiger partial charge in [0, 0.05) is 5.56 Å². The topological polar surface area (TPSA) is 76.1 Å². The number of aryl methyl sites for hydroxylation is 2. The molecule has 2 amide bonds. The van der Waals surface area contributed by atoms with Gasteiger partial charge in [0.1, 0.15) is 23.9 Å². The number of phenols is 1. The zero-order valence-corrected chi connectivity index (χ0v) is 16.7. The number of phenolic OH excluding ortho intramolecular Hbond substituents is 1. The van der Waals surface area contributed by atoms with E-state index >= 15 is 0 Å². The molecule has 0 aliphatic carbocycles. The second kappa shape index (κ2) is 8.39. The van der Waals surface area contributed by atoms with Gasteiger partial charge in [0.25, 0.3) is 11.1 Å². The molecule has 0 spiro atoms. The Bertz CT molecular complexity index is 954. The number of carbonyl (C=O) groups excluding carboxylic acids is 2. The minimum atomic E-state index is -0.401. The average molecular weight is 399 g/mol. The molecule has 1 aliphatic heterocycles. The summed E-state index contributed by atoms with van der Waals surface area (Å²) in [7, 11) is 1.51. The van der Waals surface area contributed by atoms with Crippen molar-refractivity contribution in [2.75, 3.05) is 20.3 Å². The van der Waals surface area contributed by atoms with Crippen LogP contribution in [0.25, 0.3) is 6.08 Å². The third kappa shape index (κ3) is 4.31. The highest BCUT2D eigenvalue weighted by Gasteiger charge is 2.35. The predicted octanol–water partition coefficient (Wildman–Crippen LogP) is 4.13. The lowest BCUT2D eigenvalue weighted by atomic mass is 10.1. The monoisotopic (exact) mass is 399 g/mol. The molecular formula is C21H21NO5S. The summed E-state index contributed by atoms with van der Waals surface area (Å²) >= 11 is 0.842. The van der Waals surface area contributed by atoms with E-state index in [-0.39, 0.29) is 29.0 Å². The van der Waals surface area contributed by atoms with Crippen LogP contribution >= 0.6 is 11.8 Å². The highest BCUT2D eigenvalue weighted by molar-refractivity contribution is 8.18. The van der Waals surface area contributed by atoms with Crippen LogP contribution < -0.4 is 9.47 Å². The normalized spacial score (nSPS) is 15.4. The number of aromatic hydroxyl groups is 1. The van der Waals surface area contributed by atoms with Crippen molar-refractivity contribution in [1.82, 2.24) is 4.90 Å². The summed E-state index contributed by atoms with van der Waals surface area (Å²) in [5.74, 6) is 0.890. The Morgan fingerprint density at radius 2 is 1.93 bits per heavy atom. The number of amides is 2. The van der Waals surface area contributed by atoms with Gasteiger partial charge in [0.15, 0.2) is 0 Å². The maximum atomic E-state index is 12.6. The van der Waals surface area contributed by atoms with Gasteiger partial charge in [0.2, 0.25) is 0 Å². The molecule has 0 aromatic heterocycles. The number of imide groups is 1. The summed E-state index contributed by atoms with van der Waals surface area (Å²) in [6, 6.07) is 10.6. The van der Waals surface area contributed by atoms with Crippen molar-refractivity contribution in [3.05, 3.63) is 58.0 Å². The molecule has 0 radical (unpaired) electrons. The lowest BCUT2D eigenvalue weighted by Gasteiger charge is -2.14. The van der Waals surface area contributed by atoms with Gasteiger partial charge in [-0.15, -0.1) is 0 Å². The summed E-state index contributed by atoms with van der Waals surface area (Å²) in [5, 5.41) is 9.63. The van der Waals surface area contributed by atoms with Crippen LogP contribution in [0.15, 0.2) is 41.3 Å². The summed E-state index contributed by atoms with van der Waals surface area (Å²) in [6.07, 6.45) is 1.49. The molecular weight excluding hydrogens is 378 g/mol. The molecule has 0 unspecified atom stereocenters. The molecule has 1 saturated heterocycles. The van der Waals surface area contributed by atoms with Crippen molar-refractivity contribution >= 4 is 29.0 Å². The van der Waals surface area contributed by atoms with Gasteiger partial charge in [-0.2, -0.15) is 0 Å². The first-order valence-corrected chi connectivity index (χ1v) is 9.53. The number of benzene rings is 2. The number of carbonyl (C=O) groups is 2. The van der Waals surface area contributed by atoms with Crippen molar-refractivity contribution in [1.29, 1.82) is 0 Å². The Labute approximate surface area is 167 Å². The molecule has 146 valence electrons. The van der Waals surface area contributed by atoms with Crippen LogP contribution in [0.3, 0.4) is 0 Å². The first-order valence-electron chi connectivity index (χ1n) is 8.71. The van der Waals surface area contributed by atoms with E-state index in [1.54, 1.807) is 12.1 Å². The van der Waals surface area contributed by atoms with Gasteiger partial charge in [0.05, 0.1) is 18.6 Å². The van der Waals surface area contributed by atoms with E-state index in [0.29, 0.717) is 11.3 Å². The lowest BCUT2D eigenvalue weighted by Crippen LogP contribution is -2.32. The third-order valence-electron chi connectivity index (χ3n) is 4.31. The molecule has 0 bridgehead atoms. The predicted molar refractivity (Wildman–Crippen MR) is 109 cm³/mol. The Morgan fingerprint density at radius 1 is 1.14 bits per heavy atom. The molecule has 0 saturated carbocycles. The van der Waals surface area contributed by atoms with Gasteiger partial charge in [-0.1, -0.05) is 12.1 Å². The Kier molecular flexibility index (Phi) is 5.94. The minimum Gasteiger partial charge on any atom is -0.507 e. The number of hydrogen-bond acceptors (Lipinski definition) is 6. The van der Waals surface area contributed by atoms with E-state index in [2.05, 4.69) is 0 Å². The van der Waals surface area contributed by atoms with Crippen LogP contribution in [-0.2, 0) is 4.79 Å². The number of rotatable bonds is 6. The molecule has 28 heavy (non-hydrogen) atoms. The molecule has 7 heteroatoms. The highest BCUT2D eigenvalue weighted by atomic mass is 32.2. The van der Waals surface area contributed by atoms with Crippen LogP contribution in [0.2, 0.25) is 0 Å². The molecule has 2 aromatic rings. The van der Waals surface area contributed by atoms with Crippen molar-refractivity contribution in [3.63, 3.8) is 0 Å². The maximum Gasteiger partial charge on any atom is 0.293 e. The Morgan fingerprint density at radius 3 is 2.68 bits per heavy atom. The molecule has 2 aromatic carbocycles. The fourth-order valence-corrected chi connectivity index (χ4v) is 3.57. The SMILES string of the molecule is COc1ccc(O)c(/C=C2\SC(=O)N(CCOc3cc(C)ccc3C)C2=O)c1. The lowest BCUT2D eigenvalue weighted by molar-refractivity contribution is -0.123. The number of ether oxygens (including phenoxy) is 2. The number of thioether (sulfide) groups is 1. The largest absolute Gasteiger partial charge is 0.507 e. The first-order chi connectivity index (χ1) is 13.4. The van der Waals surface area contributed by atoms with E-state index in [9.17, 15) is 14.7 Å². The summed E-state index contributed by atoms with van der Waals surface area (Å²) in [5.41, 5.74) is 2.48. The van der Waals surface area contributed by atoms with E-state index in [1.165, 1.54) is 19.3 Å². The van der Waals surface area contributed by atoms with Crippen LogP contribution in [-0.4, -0.2) is 41.4 Å². The molecule has 1 heterocycles. The number of nitrogens with zero attached hydrogens (tertiary/aromatic N) is 1.